The number of amides is 1. The van der Waals surface area contributed by atoms with Crippen LogP contribution in [0.4, 0.5) is 0 Å². The molecular formula is C21H35N3O2. The molecule has 0 aromatic heterocycles. The van der Waals surface area contributed by atoms with Crippen LogP contribution >= 0.6 is 0 Å². The normalized spacial score (nSPS) is 14.4. The van der Waals surface area contributed by atoms with Crippen LogP contribution < -0.4 is 10.1 Å². The van der Waals surface area contributed by atoms with Crippen molar-refractivity contribution in [3.05, 3.63) is 29.8 Å². The lowest BCUT2D eigenvalue weighted by atomic mass is 10.2. The molecule has 0 unspecified atom stereocenters. The van der Waals surface area contributed by atoms with Gasteiger partial charge in [-0.1, -0.05) is 26.0 Å². The molecule has 0 saturated carbocycles. The van der Waals surface area contributed by atoms with Gasteiger partial charge in [-0.25, -0.2) is 0 Å². The van der Waals surface area contributed by atoms with Crippen molar-refractivity contribution in [2.24, 2.45) is 0 Å². The maximum atomic E-state index is 11.5. The van der Waals surface area contributed by atoms with Crippen molar-refractivity contribution < 1.29 is 9.53 Å². The van der Waals surface area contributed by atoms with E-state index in [9.17, 15) is 4.79 Å². The molecule has 1 aliphatic heterocycles. The van der Waals surface area contributed by atoms with Gasteiger partial charge in [0.1, 0.15) is 5.75 Å². The summed E-state index contributed by atoms with van der Waals surface area (Å²) in [4.78, 5) is 15.9. The third-order valence-electron chi connectivity index (χ3n) is 4.99. The highest BCUT2D eigenvalue weighted by Gasteiger charge is 2.18. The molecule has 146 valence electrons. The fourth-order valence-corrected chi connectivity index (χ4v) is 3.29. The summed E-state index contributed by atoms with van der Waals surface area (Å²) < 4.78 is 5.83. The Kier molecular flexibility index (Phi) is 9.50. The molecule has 0 radical (unpaired) electrons. The first-order valence-electron chi connectivity index (χ1n) is 10.2. The first kappa shape index (κ1) is 20.7. The first-order chi connectivity index (χ1) is 12.7. The van der Waals surface area contributed by atoms with E-state index in [0.717, 1.165) is 83.9 Å². The quantitative estimate of drug-likeness (QED) is 0.549. The third-order valence-corrected chi connectivity index (χ3v) is 4.99. The van der Waals surface area contributed by atoms with Crippen molar-refractivity contribution in [3.8, 4) is 5.75 Å². The lowest BCUT2D eigenvalue weighted by Crippen LogP contribution is -2.28. The molecule has 1 N–H and O–H groups in total. The van der Waals surface area contributed by atoms with Crippen molar-refractivity contribution in [1.29, 1.82) is 0 Å². The highest BCUT2D eigenvalue weighted by atomic mass is 16.5. The number of carbonyl (C=O) groups excluding carboxylic acids is 1. The Morgan fingerprint density at radius 1 is 1.15 bits per heavy atom. The summed E-state index contributed by atoms with van der Waals surface area (Å²) in [7, 11) is 0. The second kappa shape index (κ2) is 11.9. The highest BCUT2D eigenvalue weighted by molar-refractivity contribution is 5.77. The number of hydrogen-bond acceptors (Lipinski definition) is 4. The minimum atomic E-state index is 0.317. The average Bonchev–Trinajstić information content (AvgIpc) is 3.07. The van der Waals surface area contributed by atoms with Crippen LogP contribution in [0.2, 0.25) is 0 Å². The summed E-state index contributed by atoms with van der Waals surface area (Å²) in [5.41, 5.74) is 1.26. The Bertz CT molecular complexity index is 514. The molecule has 1 heterocycles. The van der Waals surface area contributed by atoms with Crippen LogP contribution in [0, 0.1) is 0 Å². The first-order valence-corrected chi connectivity index (χ1v) is 10.2. The maximum Gasteiger partial charge on any atom is 0.222 e. The van der Waals surface area contributed by atoms with Gasteiger partial charge in [0.15, 0.2) is 0 Å². The predicted molar refractivity (Wildman–Crippen MR) is 106 cm³/mol. The zero-order chi connectivity index (χ0) is 18.6. The van der Waals surface area contributed by atoms with Crippen molar-refractivity contribution in [3.63, 3.8) is 0 Å². The lowest BCUT2D eigenvalue weighted by Gasteiger charge is -2.17. The van der Waals surface area contributed by atoms with E-state index < -0.39 is 0 Å². The second-order valence-corrected chi connectivity index (χ2v) is 6.89. The van der Waals surface area contributed by atoms with E-state index in [-0.39, 0.29) is 0 Å². The molecule has 1 aromatic carbocycles. The van der Waals surface area contributed by atoms with Crippen molar-refractivity contribution in [2.45, 2.75) is 46.1 Å². The average molecular weight is 362 g/mol. The number of benzene rings is 1. The zero-order valence-electron chi connectivity index (χ0n) is 16.5. The highest BCUT2D eigenvalue weighted by Crippen LogP contribution is 2.13. The summed E-state index contributed by atoms with van der Waals surface area (Å²) in [5.74, 6) is 1.26. The van der Waals surface area contributed by atoms with Gasteiger partial charge in [-0.05, 0) is 56.6 Å². The second-order valence-electron chi connectivity index (χ2n) is 6.89. The van der Waals surface area contributed by atoms with Crippen LogP contribution in [0.3, 0.4) is 0 Å². The number of nitrogens with zero attached hydrogens (tertiary/aromatic N) is 2. The smallest absolute Gasteiger partial charge is 0.222 e. The molecule has 1 fully saturated rings. The van der Waals surface area contributed by atoms with Crippen LogP contribution in [0.15, 0.2) is 24.3 Å². The van der Waals surface area contributed by atoms with Gasteiger partial charge in [0.25, 0.3) is 0 Å². The minimum absolute atomic E-state index is 0.317. The van der Waals surface area contributed by atoms with Gasteiger partial charge in [-0.3, -0.25) is 4.79 Å². The third kappa shape index (κ3) is 7.34. The number of rotatable bonds is 13. The van der Waals surface area contributed by atoms with Crippen LogP contribution in [0.5, 0.6) is 5.75 Å². The minimum Gasteiger partial charge on any atom is -0.494 e. The molecule has 0 bridgehead atoms. The van der Waals surface area contributed by atoms with E-state index in [2.05, 4.69) is 48.3 Å². The van der Waals surface area contributed by atoms with Gasteiger partial charge in [-0.2, -0.15) is 0 Å². The molecule has 0 spiro atoms. The molecule has 1 amide bonds. The van der Waals surface area contributed by atoms with Gasteiger partial charge in [0.2, 0.25) is 5.91 Å². The molecule has 5 heteroatoms. The molecule has 0 aliphatic carbocycles. The Morgan fingerprint density at radius 3 is 2.58 bits per heavy atom. The van der Waals surface area contributed by atoms with E-state index in [1.807, 2.05) is 4.90 Å². The Morgan fingerprint density at radius 2 is 1.92 bits per heavy atom. The van der Waals surface area contributed by atoms with Crippen LogP contribution in [-0.2, 0) is 11.3 Å². The fourth-order valence-electron chi connectivity index (χ4n) is 3.29. The maximum absolute atomic E-state index is 11.5. The monoisotopic (exact) mass is 361 g/mol. The van der Waals surface area contributed by atoms with Crippen LogP contribution in [0.1, 0.15) is 45.1 Å². The molecule has 1 aliphatic rings. The molecular weight excluding hydrogens is 326 g/mol. The van der Waals surface area contributed by atoms with Gasteiger partial charge < -0.3 is 19.9 Å². The molecule has 2 rings (SSSR count). The van der Waals surface area contributed by atoms with E-state index in [1.165, 1.54) is 5.56 Å². The molecule has 1 saturated heterocycles. The Hall–Kier alpha value is -1.59. The number of hydrogen-bond donors (Lipinski definition) is 1. The zero-order valence-corrected chi connectivity index (χ0v) is 16.5. The largest absolute Gasteiger partial charge is 0.494 e. The van der Waals surface area contributed by atoms with Gasteiger partial charge in [0, 0.05) is 32.6 Å². The summed E-state index contributed by atoms with van der Waals surface area (Å²) in [6.45, 7) is 12.1. The molecule has 1 aromatic rings. The number of carbonyl (C=O) groups is 1. The van der Waals surface area contributed by atoms with E-state index in [4.69, 9.17) is 4.74 Å². The van der Waals surface area contributed by atoms with Gasteiger partial charge >= 0.3 is 0 Å². The molecule has 5 nitrogen and oxygen atoms in total. The summed E-state index contributed by atoms with van der Waals surface area (Å²) in [6, 6.07) is 8.35. The predicted octanol–water partition coefficient (Wildman–Crippen LogP) is 2.90. The number of ether oxygens (including phenoxy) is 1. The molecule has 0 atom stereocenters. The summed E-state index contributed by atoms with van der Waals surface area (Å²) in [6.07, 6.45) is 3.83. The SMILES string of the molecule is CCN(CC)CCCOc1ccc(CNCCCN2CCCC2=O)cc1. The number of likely N-dealkylation sites (tertiary alicyclic amines) is 1. The summed E-state index contributed by atoms with van der Waals surface area (Å²) in [5, 5.41) is 3.45. The van der Waals surface area contributed by atoms with Crippen molar-refractivity contribution in [2.75, 3.05) is 45.9 Å². The fraction of sp³-hybridized carbons (Fsp3) is 0.667. The van der Waals surface area contributed by atoms with Crippen LogP contribution in [0.25, 0.3) is 0 Å². The topological polar surface area (TPSA) is 44.8 Å². The standard InChI is InChI=1S/C21H35N3O2/c1-3-23(4-2)14-7-17-26-20-11-9-19(10-12-20)18-22-13-6-16-24-15-5-8-21(24)25/h9-12,22H,3-8,13-18H2,1-2H3. The Balaban J connectivity index is 1.55. The van der Waals surface area contributed by atoms with Crippen molar-refractivity contribution >= 4 is 5.91 Å². The van der Waals surface area contributed by atoms with E-state index in [1.54, 1.807) is 0 Å². The number of nitrogens with one attached hydrogen (secondary N) is 1. The lowest BCUT2D eigenvalue weighted by molar-refractivity contribution is -0.127. The molecule has 26 heavy (non-hydrogen) atoms. The van der Waals surface area contributed by atoms with Crippen molar-refractivity contribution in [1.82, 2.24) is 15.1 Å². The van der Waals surface area contributed by atoms with Gasteiger partial charge in [0.05, 0.1) is 6.61 Å². The Labute approximate surface area is 158 Å². The van der Waals surface area contributed by atoms with E-state index >= 15 is 0 Å². The van der Waals surface area contributed by atoms with Gasteiger partial charge in [-0.15, -0.1) is 0 Å². The summed E-state index contributed by atoms with van der Waals surface area (Å²) >= 11 is 0. The van der Waals surface area contributed by atoms with E-state index in [0.29, 0.717) is 5.91 Å². The van der Waals surface area contributed by atoms with Crippen LogP contribution in [-0.4, -0.2) is 61.6 Å².